The molecule has 0 N–H and O–H groups in total. The van der Waals surface area contributed by atoms with E-state index in [2.05, 4.69) is 16.5 Å². The normalized spacial score (nSPS) is 10.9. The fraction of sp³-hybridized carbons (Fsp3) is 0.176. The van der Waals surface area contributed by atoms with Crippen LogP contribution in [-0.2, 0) is 6.54 Å². The Labute approximate surface area is 147 Å². The predicted octanol–water partition coefficient (Wildman–Crippen LogP) is 3.40. The van der Waals surface area contributed by atoms with Gasteiger partial charge < -0.3 is 0 Å². The van der Waals surface area contributed by atoms with E-state index in [1.54, 1.807) is 29.0 Å². The van der Waals surface area contributed by atoms with Gasteiger partial charge in [-0.15, -0.1) is 11.3 Å². The molecule has 0 aliphatic heterocycles. The van der Waals surface area contributed by atoms with Gasteiger partial charge in [-0.25, -0.2) is 9.97 Å². The summed E-state index contributed by atoms with van der Waals surface area (Å²) in [6.07, 6.45) is 1.60. The number of Topliss-reactive ketones (excluding diaryl/α,β-unsaturated/α-hetero) is 1. The first kappa shape index (κ1) is 16.6. The number of hydrogen-bond donors (Lipinski definition) is 0. The van der Waals surface area contributed by atoms with Crippen LogP contribution in [0.15, 0.2) is 57.9 Å². The number of ketones is 1. The highest BCUT2D eigenvalue weighted by Crippen LogP contribution is 2.20. The van der Waals surface area contributed by atoms with Crippen molar-refractivity contribution in [2.75, 3.05) is 5.75 Å². The number of rotatable bonds is 6. The van der Waals surface area contributed by atoms with Crippen molar-refractivity contribution in [2.24, 2.45) is 0 Å². The minimum absolute atomic E-state index is 0.0206. The van der Waals surface area contributed by atoms with Gasteiger partial charge in [-0.2, -0.15) is 0 Å². The summed E-state index contributed by atoms with van der Waals surface area (Å²) in [4.78, 5) is 34.2. The zero-order valence-corrected chi connectivity index (χ0v) is 14.7. The summed E-state index contributed by atoms with van der Waals surface area (Å²) in [5, 5.41) is 2.82. The molecule has 3 aromatic rings. The average molecular weight is 357 g/mol. The Kier molecular flexibility index (Phi) is 4.92. The number of pyridine rings is 1. The van der Waals surface area contributed by atoms with E-state index in [-0.39, 0.29) is 17.1 Å². The van der Waals surface area contributed by atoms with E-state index >= 15 is 0 Å². The van der Waals surface area contributed by atoms with Gasteiger partial charge in [0.15, 0.2) is 16.6 Å². The molecule has 0 spiro atoms. The fourth-order valence-electron chi connectivity index (χ4n) is 2.19. The van der Waals surface area contributed by atoms with Gasteiger partial charge >= 0.3 is 0 Å². The SMILES string of the molecule is C=C(C)Cn1c(SCC(=O)c2cccs2)nc2ncccc2c1=O. The van der Waals surface area contributed by atoms with Crippen LogP contribution < -0.4 is 5.56 Å². The topological polar surface area (TPSA) is 64.8 Å². The highest BCUT2D eigenvalue weighted by molar-refractivity contribution is 7.99. The molecule has 0 saturated heterocycles. The second-order valence-corrected chi connectivity index (χ2v) is 7.20. The summed E-state index contributed by atoms with van der Waals surface area (Å²) >= 11 is 2.66. The van der Waals surface area contributed by atoms with E-state index in [0.717, 1.165) is 5.57 Å². The van der Waals surface area contributed by atoms with E-state index < -0.39 is 0 Å². The smallest absolute Gasteiger partial charge is 0.263 e. The number of carbonyl (C=O) groups excluding carboxylic acids is 1. The number of allylic oxidation sites excluding steroid dienone is 1. The zero-order chi connectivity index (χ0) is 17.1. The summed E-state index contributed by atoms with van der Waals surface area (Å²) in [6, 6.07) is 7.06. The second-order valence-electron chi connectivity index (χ2n) is 5.31. The Hall–Kier alpha value is -2.25. The molecule has 3 rings (SSSR count). The van der Waals surface area contributed by atoms with Crippen molar-refractivity contribution in [1.82, 2.24) is 14.5 Å². The first-order valence-electron chi connectivity index (χ1n) is 7.25. The van der Waals surface area contributed by atoms with Crippen molar-refractivity contribution >= 4 is 39.9 Å². The molecule has 0 amide bonds. The standard InChI is InChI=1S/C17H15N3O2S2/c1-11(2)9-20-16(22)12-5-3-7-18-15(12)19-17(20)24-10-13(21)14-6-4-8-23-14/h3-8H,1,9-10H2,2H3. The maximum absolute atomic E-state index is 12.7. The maximum atomic E-state index is 12.7. The highest BCUT2D eigenvalue weighted by atomic mass is 32.2. The Balaban J connectivity index is 1.97. The lowest BCUT2D eigenvalue weighted by Gasteiger charge is -2.12. The van der Waals surface area contributed by atoms with Crippen LogP contribution >= 0.6 is 23.1 Å². The molecule has 3 heterocycles. The first-order valence-corrected chi connectivity index (χ1v) is 9.12. The lowest BCUT2D eigenvalue weighted by Crippen LogP contribution is -2.24. The van der Waals surface area contributed by atoms with Gasteiger partial charge in [0.05, 0.1) is 16.0 Å². The Bertz CT molecular complexity index is 962. The summed E-state index contributed by atoms with van der Waals surface area (Å²) in [5.74, 6) is 0.244. The number of carbonyl (C=O) groups is 1. The third-order valence-electron chi connectivity index (χ3n) is 3.25. The molecule has 0 atom stereocenters. The molecular formula is C17H15N3O2S2. The van der Waals surface area contributed by atoms with Crippen LogP contribution in [0.4, 0.5) is 0 Å². The summed E-state index contributed by atoms with van der Waals surface area (Å²) in [6.45, 7) is 6.09. The lowest BCUT2D eigenvalue weighted by atomic mass is 10.3. The fourth-order valence-corrected chi connectivity index (χ4v) is 3.82. The predicted molar refractivity (Wildman–Crippen MR) is 98.0 cm³/mol. The maximum Gasteiger partial charge on any atom is 0.263 e. The highest BCUT2D eigenvalue weighted by Gasteiger charge is 2.15. The Morgan fingerprint density at radius 1 is 1.38 bits per heavy atom. The largest absolute Gasteiger partial charge is 0.292 e. The Morgan fingerprint density at radius 3 is 2.92 bits per heavy atom. The molecule has 122 valence electrons. The molecule has 24 heavy (non-hydrogen) atoms. The molecule has 0 aromatic carbocycles. The monoisotopic (exact) mass is 357 g/mol. The van der Waals surface area contributed by atoms with Crippen molar-refractivity contribution in [2.45, 2.75) is 18.6 Å². The van der Waals surface area contributed by atoms with Crippen molar-refractivity contribution in [3.8, 4) is 0 Å². The van der Waals surface area contributed by atoms with Gasteiger partial charge in [0, 0.05) is 12.7 Å². The molecule has 0 radical (unpaired) electrons. The van der Waals surface area contributed by atoms with Gasteiger partial charge in [-0.05, 0) is 30.5 Å². The van der Waals surface area contributed by atoms with Gasteiger partial charge in [0.25, 0.3) is 5.56 Å². The molecule has 3 aromatic heterocycles. The summed E-state index contributed by atoms with van der Waals surface area (Å²) < 4.78 is 1.55. The summed E-state index contributed by atoms with van der Waals surface area (Å²) in [5.41, 5.74) is 1.07. The number of hydrogen-bond acceptors (Lipinski definition) is 6. The molecule has 0 bridgehead atoms. The van der Waals surface area contributed by atoms with E-state index in [1.807, 2.05) is 18.4 Å². The van der Waals surface area contributed by atoms with E-state index in [0.29, 0.717) is 27.6 Å². The van der Waals surface area contributed by atoms with Gasteiger partial charge in [-0.3, -0.25) is 14.2 Å². The third kappa shape index (κ3) is 3.47. The van der Waals surface area contributed by atoms with E-state index in [9.17, 15) is 9.59 Å². The molecule has 5 nitrogen and oxygen atoms in total. The molecule has 0 saturated carbocycles. The Morgan fingerprint density at radius 2 is 2.21 bits per heavy atom. The van der Waals surface area contributed by atoms with Crippen molar-refractivity contribution in [1.29, 1.82) is 0 Å². The molecule has 0 unspecified atom stereocenters. The van der Waals surface area contributed by atoms with Crippen LogP contribution in [-0.4, -0.2) is 26.1 Å². The van der Waals surface area contributed by atoms with Crippen LogP contribution in [0.25, 0.3) is 11.0 Å². The molecule has 0 aliphatic rings. The number of thiophene rings is 1. The van der Waals surface area contributed by atoms with Gasteiger partial charge in [0.2, 0.25) is 0 Å². The minimum Gasteiger partial charge on any atom is -0.292 e. The van der Waals surface area contributed by atoms with Crippen molar-refractivity contribution in [3.63, 3.8) is 0 Å². The van der Waals surface area contributed by atoms with Crippen LogP contribution in [0.1, 0.15) is 16.6 Å². The third-order valence-corrected chi connectivity index (χ3v) is 5.14. The van der Waals surface area contributed by atoms with Crippen molar-refractivity contribution < 1.29 is 4.79 Å². The molecule has 7 heteroatoms. The molecular weight excluding hydrogens is 342 g/mol. The molecule has 0 fully saturated rings. The summed E-state index contributed by atoms with van der Waals surface area (Å²) in [7, 11) is 0. The van der Waals surface area contributed by atoms with Crippen LogP contribution in [0, 0.1) is 0 Å². The zero-order valence-electron chi connectivity index (χ0n) is 13.1. The average Bonchev–Trinajstić information content (AvgIpc) is 3.10. The number of nitrogens with zero attached hydrogens (tertiary/aromatic N) is 3. The minimum atomic E-state index is -0.165. The number of fused-ring (bicyclic) bond motifs is 1. The number of thioether (sulfide) groups is 1. The second kappa shape index (κ2) is 7.11. The molecule has 0 aliphatic carbocycles. The first-order chi connectivity index (χ1) is 11.6. The quantitative estimate of drug-likeness (QED) is 0.293. The number of aromatic nitrogens is 3. The van der Waals surface area contributed by atoms with Gasteiger partial charge in [-0.1, -0.05) is 30.0 Å². The van der Waals surface area contributed by atoms with Crippen LogP contribution in [0.5, 0.6) is 0 Å². The van der Waals surface area contributed by atoms with Gasteiger partial charge in [0.1, 0.15) is 0 Å². The van der Waals surface area contributed by atoms with E-state index in [4.69, 9.17) is 0 Å². The van der Waals surface area contributed by atoms with Crippen molar-refractivity contribution in [3.05, 3.63) is 63.2 Å². The lowest BCUT2D eigenvalue weighted by molar-refractivity contribution is 0.102. The van der Waals surface area contributed by atoms with Crippen LogP contribution in [0.3, 0.4) is 0 Å². The van der Waals surface area contributed by atoms with Crippen LogP contribution in [0.2, 0.25) is 0 Å². The van der Waals surface area contributed by atoms with E-state index in [1.165, 1.54) is 23.1 Å².